The minimum Gasteiger partial charge on any atom is -0.462 e. The smallest absolute Gasteiger partial charge is 0.269 e. The summed E-state index contributed by atoms with van der Waals surface area (Å²) >= 11 is 0. The lowest BCUT2D eigenvalue weighted by atomic mass is 9.69. The van der Waals surface area contributed by atoms with Crippen LogP contribution in [0.3, 0.4) is 0 Å². The van der Waals surface area contributed by atoms with Gasteiger partial charge in [0.2, 0.25) is 0 Å². The van der Waals surface area contributed by atoms with Crippen molar-refractivity contribution in [2.75, 3.05) is 73.0 Å². The predicted molar refractivity (Wildman–Crippen MR) is 467 cm³/mol. The van der Waals surface area contributed by atoms with E-state index in [4.69, 9.17) is 55.8 Å². The molecule has 0 bridgehead atoms. The van der Waals surface area contributed by atoms with Gasteiger partial charge in [-0.2, -0.15) is 0 Å². The van der Waals surface area contributed by atoms with E-state index in [9.17, 15) is 10.5 Å². The molecule has 0 fully saturated rings. The first-order valence-electron chi connectivity index (χ1n) is 39.9. The van der Waals surface area contributed by atoms with E-state index >= 15 is 0 Å². The van der Waals surface area contributed by atoms with Gasteiger partial charge in [-0.1, -0.05) is 120 Å². The quantitative estimate of drug-likeness (QED) is 0.109. The first kappa shape index (κ1) is 84.0. The molecule has 0 N–H and O–H groups in total. The maximum atomic E-state index is 9.40. The van der Waals surface area contributed by atoms with Crippen LogP contribution >= 0.6 is 0 Å². The van der Waals surface area contributed by atoms with Gasteiger partial charge in [0, 0.05) is 87.9 Å². The highest BCUT2D eigenvalue weighted by Gasteiger charge is 2.41. The molecule has 0 aliphatic carbocycles. The van der Waals surface area contributed by atoms with Crippen molar-refractivity contribution in [3.63, 3.8) is 0 Å². The maximum Gasteiger partial charge on any atom is 0.269 e. The fourth-order valence-electron chi connectivity index (χ4n) is 16.5. The largest absolute Gasteiger partial charge is 0.462 e. The average molecular weight is 1540 g/mol. The molecule has 0 atom stereocenters. The summed E-state index contributed by atoms with van der Waals surface area (Å²) in [6, 6.07) is 29.9. The number of hydrogen-bond acceptors (Lipinski definition) is 12. The summed E-state index contributed by atoms with van der Waals surface area (Å²) in [4.78, 5) is 23.1. The van der Waals surface area contributed by atoms with Crippen LogP contribution in [0.4, 0.5) is 22.7 Å². The molecule has 4 aromatic carbocycles. The van der Waals surface area contributed by atoms with E-state index in [1.54, 1.807) is 49.5 Å². The molecule has 10 heterocycles. The molecule has 10 aliphatic heterocycles. The van der Waals surface area contributed by atoms with Crippen LogP contribution in [-0.2, 0) is 55.5 Å². The lowest BCUT2D eigenvalue weighted by Gasteiger charge is -2.48. The highest BCUT2D eigenvalue weighted by atomic mass is 16.5. The number of aryl methyl sites for hydroxylation is 2. The Morgan fingerprint density at radius 3 is 1.23 bits per heavy atom. The van der Waals surface area contributed by atoms with E-state index in [1.807, 2.05) is 118 Å². The first-order valence-corrected chi connectivity index (χ1v) is 39.9. The maximum absolute atomic E-state index is 9.40. The van der Waals surface area contributed by atoms with E-state index in [2.05, 4.69) is 165 Å². The Bertz CT molecular complexity index is 5370. The van der Waals surface area contributed by atoms with Crippen molar-refractivity contribution in [1.29, 1.82) is 21.0 Å². The Hall–Kier alpha value is -13.0. The third kappa shape index (κ3) is 20.0. The second-order valence-corrected chi connectivity index (χ2v) is 35.1. The zero-order chi connectivity index (χ0) is 83.6. The van der Waals surface area contributed by atoms with Gasteiger partial charge in [0.15, 0.2) is 0 Å². The molecule has 14 rings (SSSR count). The van der Waals surface area contributed by atoms with Crippen LogP contribution < -0.4 is 19.6 Å². The van der Waals surface area contributed by atoms with Crippen LogP contribution in [0.2, 0.25) is 0 Å². The molecule has 16 heteroatoms. The molecule has 0 spiro atoms. The molecule has 0 amide bonds. The highest BCUT2D eigenvalue weighted by molar-refractivity contribution is 5.74. The van der Waals surface area contributed by atoms with Gasteiger partial charge in [-0.15, -0.1) is 0 Å². The van der Waals surface area contributed by atoms with Gasteiger partial charge in [0.1, 0.15) is 46.1 Å². The Morgan fingerprint density at radius 2 is 0.828 bits per heavy atom. The van der Waals surface area contributed by atoms with Crippen molar-refractivity contribution >= 4 is 47.1 Å². The third-order valence-electron chi connectivity index (χ3n) is 22.2. The second kappa shape index (κ2) is 35.2. The lowest BCUT2D eigenvalue weighted by molar-refractivity contribution is 0.223. The SMILES string of the molecule is [C-]#[N+]/C(C#N)=C1C=C(/C=C/c2cc3c4c(c2)C(C)(C)CCN4CCC3(C)C)OC(CC)=C/1.[C-]#[N+]/C(C#N)=C1C=C(/C=C/c2cc3c4c(c2)CC(C)(C)CN4CC(C)(C)C3)OC(C(C)(C)C)=C/1.[C-]#[N+]/C(C#N)=C1\C=C(C)OC(/C=C/c2cc3c4c(c2)CCCN4CCC3)=C1.[C-]#[N+]/C(C#N)=C1\C=C(C)OC(/C=C/c2ccc(N(C)C)cc2)=C1. The lowest BCUT2D eigenvalue weighted by Crippen LogP contribution is -2.48. The molecule has 116 heavy (non-hydrogen) atoms. The summed E-state index contributed by atoms with van der Waals surface area (Å²) in [5, 5.41) is 36.8. The highest BCUT2D eigenvalue weighted by Crippen LogP contribution is 2.51. The molecule has 4 aromatic rings. The van der Waals surface area contributed by atoms with Gasteiger partial charge in [0.05, 0.1) is 50.6 Å². The normalized spacial score (nSPS) is 20.4. The van der Waals surface area contributed by atoms with E-state index < -0.39 is 0 Å². The monoisotopic (exact) mass is 1540 g/mol. The van der Waals surface area contributed by atoms with Gasteiger partial charge in [-0.3, -0.25) is 0 Å². The molecular weight excluding hydrogens is 1430 g/mol. The molecule has 0 unspecified atom stereocenters. The van der Waals surface area contributed by atoms with Crippen LogP contribution in [0, 0.1) is 87.9 Å². The number of hydrogen-bond donors (Lipinski definition) is 0. The topological polar surface area (TPSA) is 162 Å². The Morgan fingerprint density at radius 1 is 0.457 bits per heavy atom. The number of benzene rings is 4. The molecule has 0 radical (unpaired) electrons. The van der Waals surface area contributed by atoms with Crippen molar-refractivity contribution < 1.29 is 18.9 Å². The van der Waals surface area contributed by atoms with Crippen LogP contribution in [-0.4, -0.2) is 53.4 Å². The van der Waals surface area contributed by atoms with Crippen LogP contribution in [0.1, 0.15) is 185 Å². The molecule has 0 saturated heterocycles. The van der Waals surface area contributed by atoms with Gasteiger partial charge in [0.25, 0.3) is 22.8 Å². The van der Waals surface area contributed by atoms with Crippen molar-refractivity contribution in [3.05, 3.63) is 326 Å². The first-order chi connectivity index (χ1) is 55.2. The van der Waals surface area contributed by atoms with Crippen LogP contribution in [0.15, 0.2) is 225 Å². The third-order valence-corrected chi connectivity index (χ3v) is 22.2. The molecule has 588 valence electrons. The summed E-state index contributed by atoms with van der Waals surface area (Å²) in [5.74, 6) is 5.40. The standard InChI is InChI=1S/C30H35N3O.C28H31N3O.C23H21N3O.C19H17N3O/c1-28(2,3)26-14-21(25(17-31)32-8)13-24(34-26)10-9-20-11-22-15-29(4,5)18-33-19-30(6,7)16-23(12-20)27(22)33;1-7-21-16-20(25(18-29)30-6)17-22(32-21)9-8-19-14-23-26-24(15-19)28(4,5)11-13-31(26)12-10-27(23,2)3;1-16-11-20(22(15-24)25-2)14-21(27-16)8-7-17-12-18-5-3-9-26-10-4-6-19(13-17)23(18)26;1-14-11-16(19(13-20)21-2)12-18(23-14)10-7-15-5-8-17(9-6-15)22(3)4/h9-14H,15-16,18-19H2,1-7H3;8-9,14-17H,7,10-13H2,1-5H3;7-8,11-14H,3-6,9-10H2,1H3;5-12H,1,3-4H3/b10-9+,25-21-;9-8+,25-20+;8-7+,22-20+;10-7+,19-16+. The van der Waals surface area contributed by atoms with E-state index in [0.717, 1.165) is 98.6 Å². The number of anilines is 4. The fourth-order valence-corrected chi connectivity index (χ4v) is 16.5. The second-order valence-electron chi connectivity index (χ2n) is 35.1. The minimum atomic E-state index is -0.238. The summed E-state index contributed by atoms with van der Waals surface area (Å²) in [5.41, 5.74) is 21.9. The van der Waals surface area contributed by atoms with Gasteiger partial charge in [-0.05, 0) is 286 Å². The zero-order valence-corrected chi connectivity index (χ0v) is 70.1. The predicted octanol–water partition coefficient (Wildman–Crippen LogP) is 23.2. The van der Waals surface area contributed by atoms with Gasteiger partial charge < -0.3 is 38.5 Å². The van der Waals surface area contributed by atoms with E-state index in [-0.39, 0.29) is 49.9 Å². The zero-order valence-electron chi connectivity index (χ0n) is 70.1. The van der Waals surface area contributed by atoms with Crippen molar-refractivity contribution in [2.24, 2.45) is 16.2 Å². The summed E-state index contributed by atoms with van der Waals surface area (Å²) in [6.07, 6.45) is 39.8. The van der Waals surface area contributed by atoms with Gasteiger partial charge in [-0.25, -0.2) is 40.4 Å². The van der Waals surface area contributed by atoms with Crippen molar-refractivity contribution in [3.8, 4) is 24.3 Å². The summed E-state index contributed by atoms with van der Waals surface area (Å²) in [7, 11) is 4.00. The summed E-state index contributed by atoms with van der Waals surface area (Å²) in [6.45, 7) is 66.3. The van der Waals surface area contributed by atoms with E-state index in [0.29, 0.717) is 63.3 Å². The van der Waals surface area contributed by atoms with Crippen LogP contribution in [0.5, 0.6) is 0 Å². The molecule has 10 aliphatic rings. The molecule has 0 saturated carbocycles. The van der Waals surface area contributed by atoms with Crippen LogP contribution in [0.25, 0.3) is 43.7 Å². The molecule has 0 aromatic heterocycles. The number of rotatable bonds is 10. The van der Waals surface area contributed by atoms with Crippen molar-refractivity contribution in [2.45, 2.75) is 166 Å². The summed E-state index contributed by atoms with van der Waals surface area (Å²) < 4.78 is 23.5. The fraction of sp³-hybridized carbons (Fsp3) is 0.360. The number of nitriles is 4. The Kier molecular flexibility index (Phi) is 25.5. The Balaban J connectivity index is 0.000000154. The minimum absolute atomic E-state index is 0.0638. The number of allylic oxidation sites excluding steroid dienone is 24. The van der Waals surface area contributed by atoms with Gasteiger partial charge >= 0.3 is 0 Å². The molecule has 16 nitrogen and oxygen atoms in total. The molecular formula is C100H104N12O4. The Labute approximate surface area is 688 Å². The number of ether oxygens (including phenoxy) is 4. The van der Waals surface area contributed by atoms with E-state index in [1.165, 1.54) is 81.9 Å². The average Bonchev–Trinajstić information content (AvgIpc) is 0.737. The number of nitrogens with zero attached hydrogens (tertiary/aromatic N) is 12. The van der Waals surface area contributed by atoms with Crippen molar-refractivity contribution in [1.82, 2.24) is 0 Å².